The minimum Gasteiger partial charge on any atom is -0.303 e. The van der Waals surface area contributed by atoms with Crippen molar-refractivity contribution >= 4 is 29.7 Å². The molecule has 3 rings (SSSR count). The SMILES string of the molecule is CC1(C)C(=O)N(C2CCC(=O)NC2=O)c2cc(CC=O)ccc21. The molecular formula is C17H18N2O4. The Balaban J connectivity index is 2.07. The van der Waals surface area contributed by atoms with Gasteiger partial charge in [0.15, 0.2) is 0 Å². The topological polar surface area (TPSA) is 83.6 Å². The standard InChI is InChI=1S/C17H18N2O4/c1-17(2)11-4-3-10(7-8-20)9-13(11)19(16(17)23)12-5-6-14(21)18-15(12)22/h3-4,8-9,12H,5-7H2,1-2H3,(H,18,21,22). The van der Waals surface area contributed by atoms with Crippen molar-refractivity contribution in [2.75, 3.05) is 4.90 Å². The summed E-state index contributed by atoms with van der Waals surface area (Å²) in [5.41, 5.74) is 1.55. The van der Waals surface area contributed by atoms with Crippen LogP contribution in [0.2, 0.25) is 0 Å². The first-order chi connectivity index (χ1) is 10.9. The van der Waals surface area contributed by atoms with E-state index in [0.29, 0.717) is 12.1 Å². The molecule has 0 radical (unpaired) electrons. The molecule has 23 heavy (non-hydrogen) atoms. The van der Waals surface area contributed by atoms with Crippen molar-refractivity contribution in [3.05, 3.63) is 29.3 Å². The number of nitrogens with one attached hydrogen (secondary N) is 1. The number of imide groups is 1. The maximum atomic E-state index is 12.9. The molecule has 2 heterocycles. The van der Waals surface area contributed by atoms with Crippen LogP contribution in [0.1, 0.15) is 37.8 Å². The highest BCUT2D eigenvalue weighted by atomic mass is 16.2. The fraction of sp³-hybridized carbons (Fsp3) is 0.412. The smallest absolute Gasteiger partial charge is 0.249 e. The highest BCUT2D eigenvalue weighted by molar-refractivity contribution is 6.13. The van der Waals surface area contributed by atoms with Crippen molar-refractivity contribution in [1.29, 1.82) is 0 Å². The van der Waals surface area contributed by atoms with Crippen LogP contribution in [-0.4, -0.2) is 30.0 Å². The highest BCUT2D eigenvalue weighted by Gasteiger charge is 2.48. The Bertz CT molecular complexity index is 723. The molecule has 3 amide bonds. The first-order valence-electron chi connectivity index (χ1n) is 7.60. The van der Waals surface area contributed by atoms with Gasteiger partial charge in [0.2, 0.25) is 17.7 Å². The summed E-state index contributed by atoms with van der Waals surface area (Å²) in [6.07, 6.45) is 1.58. The van der Waals surface area contributed by atoms with Crippen molar-refractivity contribution < 1.29 is 19.2 Å². The van der Waals surface area contributed by atoms with Crippen LogP contribution in [-0.2, 0) is 31.0 Å². The second kappa shape index (κ2) is 5.30. The van der Waals surface area contributed by atoms with E-state index >= 15 is 0 Å². The highest BCUT2D eigenvalue weighted by Crippen LogP contribution is 2.43. The maximum absolute atomic E-state index is 12.9. The lowest BCUT2D eigenvalue weighted by Gasteiger charge is -2.31. The number of rotatable bonds is 3. The first-order valence-corrected chi connectivity index (χ1v) is 7.60. The van der Waals surface area contributed by atoms with Crippen LogP contribution in [0.3, 0.4) is 0 Å². The number of carbonyl (C=O) groups excluding carboxylic acids is 4. The molecule has 1 aromatic carbocycles. The predicted octanol–water partition coefficient (Wildman–Crippen LogP) is 0.857. The third kappa shape index (κ3) is 2.34. The molecule has 1 fully saturated rings. The van der Waals surface area contributed by atoms with Crippen LogP contribution in [0.25, 0.3) is 0 Å². The zero-order chi connectivity index (χ0) is 16.8. The van der Waals surface area contributed by atoms with Crippen molar-refractivity contribution in [3.8, 4) is 0 Å². The zero-order valence-electron chi connectivity index (χ0n) is 13.1. The van der Waals surface area contributed by atoms with Gasteiger partial charge in [-0.15, -0.1) is 0 Å². The number of amides is 3. The largest absolute Gasteiger partial charge is 0.303 e. The molecule has 1 unspecified atom stereocenters. The minimum atomic E-state index is -0.739. The summed E-state index contributed by atoms with van der Waals surface area (Å²) in [4.78, 5) is 48.7. The molecule has 6 nitrogen and oxygen atoms in total. The van der Waals surface area contributed by atoms with Gasteiger partial charge in [-0.25, -0.2) is 0 Å². The Kier molecular flexibility index (Phi) is 3.55. The van der Waals surface area contributed by atoms with E-state index in [1.807, 2.05) is 26.0 Å². The minimum absolute atomic E-state index is 0.162. The van der Waals surface area contributed by atoms with Crippen LogP contribution in [0.5, 0.6) is 0 Å². The first kappa shape index (κ1) is 15.4. The summed E-state index contributed by atoms with van der Waals surface area (Å²) in [6, 6.07) is 4.78. The lowest BCUT2D eigenvalue weighted by Crippen LogP contribution is -2.55. The van der Waals surface area contributed by atoms with Gasteiger partial charge in [-0.1, -0.05) is 12.1 Å². The predicted molar refractivity (Wildman–Crippen MR) is 82.9 cm³/mol. The number of hydrogen-bond donors (Lipinski definition) is 1. The average molecular weight is 314 g/mol. The second-order valence-electron chi connectivity index (χ2n) is 6.49. The number of benzene rings is 1. The molecule has 0 aliphatic carbocycles. The van der Waals surface area contributed by atoms with E-state index in [-0.39, 0.29) is 24.7 Å². The Morgan fingerprint density at radius 3 is 2.70 bits per heavy atom. The Morgan fingerprint density at radius 1 is 1.30 bits per heavy atom. The Labute approximate surface area is 133 Å². The average Bonchev–Trinajstić information content (AvgIpc) is 2.68. The van der Waals surface area contributed by atoms with Gasteiger partial charge in [-0.2, -0.15) is 0 Å². The van der Waals surface area contributed by atoms with E-state index in [1.165, 1.54) is 4.90 Å². The molecule has 1 saturated heterocycles. The van der Waals surface area contributed by atoms with Gasteiger partial charge >= 0.3 is 0 Å². The molecule has 1 N–H and O–H groups in total. The van der Waals surface area contributed by atoms with Crippen molar-refractivity contribution in [2.45, 2.75) is 44.6 Å². The third-order valence-electron chi connectivity index (χ3n) is 4.59. The summed E-state index contributed by atoms with van der Waals surface area (Å²) >= 11 is 0. The summed E-state index contributed by atoms with van der Waals surface area (Å²) < 4.78 is 0. The Hall–Kier alpha value is -2.50. The molecule has 0 bridgehead atoms. The number of fused-ring (bicyclic) bond motifs is 1. The summed E-state index contributed by atoms with van der Waals surface area (Å²) in [5, 5.41) is 2.30. The van der Waals surface area contributed by atoms with Gasteiger partial charge in [0, 0.05) is 18.5 Å². The number of piperidine rings is 1. The lowest BCUT2D eigenvalue weighted by molar-refractivity contribution is -0.136. The van der Waals surface area contributed by atoms with E-state index in [2.05, 4.69) is 5.32 Å². The third-order valence-corrected chi connectivity index (χ3v) is 4.59. The molecule has 2 aliphatic rings. The molecule has 0 aromatic heterocycles. The fourth-order valence-corrected chi connectivity index (χ4v) is 3.29. The molecule has 1 aromatic rings. The van der Waals surface area contributed by atoms with Gasteiger partial charge < -0.3 is 4.79 Å². The molecule has 120 valence electrons. The molecule has 1 atom stereocenters. The normalized spacial score (nSPS) is 22.8. The molecule has 0 spiro atoms. The van der Waals surface area contributed by atoms with Gasteiger partial charge in [0.25, 0.3) is 0 Å². The number of aldehydes is 1. The number of nitrogens with zero attached hydrogens (tertiary/aromatic N) is 1. The van der Waals surface area contributed by atoms with Crippen LogP contribution in [0.15, 0.2) is 18.2 Å². The number of anilines is 1. The van der Waals surface area contributed by atoms with E-state index in [0.717, 1.165) is 17.4 Å². The van der Waals surface area contributed by atoms with Crippen LogP contribution in [0.4, 0.5) is 5.69 Å². The summed E-state index contributed by atoms with van der Waals surface area (Å²) in [5.74, 6) is -0.920. The van der Waals surface area contributed by atoms with E-state index in [1.54, 1.807) is 6.07 Å². The molecule has 6 heteroatoms. The zero-order valence-corrected chi connectivity index (χ0v) is 13.1. The van der Waals surface area contributed by atoms with Gasteiger partial charge in [0.1, 0.15) is 12.3 Å². The van der Waals surface area contributed by atoms with Crippen LogP contribution >= 0.6 is 0 Å². The maximum Gasteiger partial charge on any atom is 0.249 e. The quantitative estimate of drug-likeness (QED) is 0.662. The van der Waals surface area contributed by atoms with Crippen LogP contribution < -0.4 is 10.2 Å². The van der Waals surface area contributed by atoms with Gasteiger partial charge in [0.05, 0.1) is 5.41 Å². The molecule has 2 aliphatic heterocycles. The van der Waals surface area contributed by atoms with Crippen molar-refractivity contribution in [1.82, 2.24) is 5.32 Å². The lowest BCUT2D eigenvalue weighted by atomic mass is 9.85. The monoisotopic (exact) mass is 314 g/mol. The van der Waals surface area contributed by atoms with E-state index < -0.39 is 17.4 Å². The Morgan fingerprint density at radius 2 is 2.04 bits per heavy atom. The van der Waals surface area contributed by atoms with Gasteiger partial charge in [-0.3, -0.25) is 24.6 Å². The fourth-order valence-electron chi connectivity index (χ4n) is 3.29. The van der Waals surface area contributed by atoms with Crippen molar-refractivity contribution in [2.24, 2.45) is 0 Å². The van der Waals surface area contributed by atoms with E-state index in [4.69, 9.17) is 0 Å². The number of hydrogen-bond acceptors (Lipinski definition) is 4. The summed E-state index contributed by atoms with van der Waals surface area (Å²) in [6.45, 7) is 3.64. The van der Waals surface area contributed by atoms with Crippen molar-refractivity contribution in [3.63, 3.8) is 0 Å². The number of carbonyl (C=O) groups is 4. The second-order valence-corrected chi connectivity index (χ2v) is 6.49. The van der Waals surface area contributed by atoms with Gasteiger partial charge in [-0.05, 0) is 37.5 Å². The van der Waals surface area contributed by atoms with E-state index in [9.17, 15) is 19.2 Å². The van der Waals surface area contributed by atoms with Crippen LogP contribution in [0, 0.1) is 0 Å². The molecule has 0 saturated carbocycles. The summed E-state index contributed by atoms with van der Waals surface area (Å²) in [7, 11) is 0. The molecular weight excluding hydrogens is 296 g/mol.